The molecule has 3 N–H and O–H groups in total. The molecule has 0 aliphatic carbocycles. The summed E-state index contributed by atoms with van der Waals surface area (Å²) >= 11 is 5.84. The summed E-state index contributed by atoms with van der Waals surface area (Å²) in [5, 5.41) is 22.8. The van der Waals surface area contributed by atoms with Gasteiger partial charge in [-0.25, -0.2) is 4.79 Å². The van der Waals surface area contributed by atoms with E-state index in [0.717, 1.165) is 0 Å². The molecule has 0 spiro atoms. The lowest BCUT2D eigenvalue weighted by molar-refractivity contribution is -0.137. The lowest BCUT2D eigenvalue weighted by Gasteiger charge is -2.15. The van der Waals surface area contributed by atoms with Crippen molar-refractivity contribution in [2.45, 2.75) is 25.8 Å². The van der Waals surface area contributed by atoms with Crippen molar-refractivity contribution in [1.82, 2.24) is 5.32 Å². The van der Waals surface area contributed by atoms with E-state index < -0.39 is 18.0 Å². The van der Waals surface area contributed by atoms with Crippen LogP contribution in [0.15, 0.2) is 18.2 Å². The summed E-state index contributed by atoms with van der Waals surface area (Å²) in [5.74, 6) is -0.974. The van der Waals surface area contributed by atoms with E-state index in [0.29, 0.717) is 17.7 Å². The number of hydrogen-bond donors (Lipinski definition) is 3. The Morgan fingerprint density at radius 1 is 1.50 bits per heavy atom. The van der Waals surface area contributed by atoms with E-state index in [1.54, 1.807) is 13.0 Å². The first-order valence-electron chi connectivity index (χ1n) is 5.95. The van der Waals surface area contributed by atoms with Crippen molar-refractivity contribution in [2.75, 3.05) is 5.32 Å². The van der Waals surface area contributed by atoms with Crippen LogP contribution in [0.25, 0.3) is 0 Å². The third-order valence-corrected chi connectivity index (χ3v) is 2.91. The first-order chi connectivity index (χ1) is 9.46. The molecule has 106 valence electrons. The Kier molecular flexibility index (Phi) is 5.81. The SMILES string of the molecule is CCC(CC(=O)O)NC(=O)Nc1ccc(C#N)c(Cl)c1. The van der Waals surface area contributed by atoms with Crippen LogP contribution in [0.2, 0.25) is 5.02 Å². The molecular formula is C13H14ClN3O3. The van der Waals surface area contributed by atoms with E-state index in [2.05, 4.69) is 10.6 Å². The van der Waals surface area contributed by atoms with Gasteiger partial charge in [0.1, 0.15) is 6.07 Å². The molecule has 1 rings (SSSR count). The highest BCUT2D eigenvalue weighted by Crippen LogP contribution is 2.20. The van der Waals surface area contributed by atoms with E-state index in [1.165, 1.54) is 12.1 Å². The number of carboxylic acids is 1. The fraction of sp³-hybridized carbons (Fsp3) is 0.308. The van der Waals surface area contributed by atoms with Crippen LogP contribution < -0.4 is 10.6 Å². The van der Waals surface area contributed by atoms with Crippen molar-refractivity contribution in [3.8, 4) is 6.07 Å². The predicted octanol–water partition coefficient (Wildman–Crippen LogP) is 2.59. The Balaban J connectivity index is 2.64. The average Bonchev–Trinajstić information content (AvgIpc) is 2.37. The van der Waals surface area contributed by atoms with Crippen molar-refractivity contribution in [1.29, 1.82) is 5.26 Å². The minimum absolute atomic E-state index is 0.141. The molecular weight excluding hydrogens is 282 g/mol. The number of nitriles is 1. The topological polar surface area (TPSA) is 102 Å². The molecule has 0 radical (unpaired) electrons. The Labute approximate surface area is 121 Å². The Bertz CT molecular complexity index is 554. The lowest BCUT2D eigenvalue weighted by atomic mass is 10.1. The standard InChI is InChI=1S/C13H14ClN3O3/c1-2-9(6-12(18)19)16-13(20)17-10-4-3-8(7-15)11(14)5-10/h3-5,9H,2,6H2,1H3,(H,18,19)(H2,16,17,20). The zero-order valence-electron chi connectivity index (χ0n) is 10.8. The Hall–Kier alpha value is -2.26. The number of nitrogens with zero attached hydrogens (tertiary/aromatic N) is 1. The monoisotopic (exact) mass is 295 g/mol. The molecule has 1 aromatic carbocycles. The molecule has 0 saturated heterocycles. The summed E-state index contributed by atoms with van der Waals surface area (Å²) in [6, 6.07) is 5.45. The number of rotatable bonds is 5. The molecule has 1 unspecified atom stereocenters. The van der Waals surface area contributed by atoms with E-state index in [4.69, 9.17) is 22.0 Å². The number of anilines is 1. The molecule has 1 aromatic rings. The highest BCUT2D eigenvalue weighted by Gasteiger charge is 2.14. The summed E-state index contributed by atoms with van der Waals surface area (Å²) in [6.45, 7) is 1.78. The van der Waals surface area contributed by atoms with Crippen LogP contribution in [0.3, 0.4) is 0 Å². The minimum atomic E-state index is -0.974. The van der Waals surface area contributed by atoms with Crippen molar-refractivity contribution in [3.63, 3.8) is 0 Å². The van der Waals surface area contributed by atoms with Gasteiger partial charge in [0.2, 0.25) is 0 Å². The predicted molar refractivity (Wildman–Crippen MR) is 74.7 cm³/mol. The first-order valence-corrected chi connectivity index (χ1v) is 6.33. The maximum absolute atomic E-state index is 11.7. The second kappa shape index (κ2) is 7.36. The normalized spacial score (nSPS) is 11.2. The largest absolute Gasteiger partial charge is 0.481 e. The van der Waals surface area contributed by atoms with Crippen LogP contribution in [-0.2, 0) is 4.79 Å². The highest BCUT2D eigenvalue weighted by atomic mass is 35.5. The van der Waals surface area contributed by atoms with Gasteiger partial charge >= 0.3 is 12.0 Å². The molecule has 0 aliphatic rings. The average molecular weight is 296 g/mol. The number of hydrogen-bond acceptors (Lipinski definition) is 3. The van der Waals surface area contributed by atoms with Crippen molar-refractivity contribution < 1.29 is 14.7 Å². The third kappa shape index (κ3) is 4.78. The van der Waals surface area contributed by atoms with Crippen LogP contribution in [-0.4, -0.2) is 23.1 Å². The number of urea groups is 1. The van der Waals surface area contributed by atoms with E-state index in [1.807, 2.05) is 6.07 Å². The zero-order valence-corrected chi connectivity index (χ0v) is 11.6. The second-order valence-electron chi connectivity index (χ2n) is 4.11. The van der Waals surface area contributed by atoms with Gasteiger partial charge in [0.15, 0.2) is 0 Å². The van der Waals surface area contributed by atoms with Gasteiger partial charge in [0.25, 0.3) is 0 Å². The molecule has 20 heavy (non-hydrogen) atoms. The van der Waals surface area contributed by atoms with Gasteiger partial charge in [-0.2, -0.15) is 5.26 Å². The maximum atomic E-state index is 11.7. The minimum Gasteiger partial charge on any atom is -0.481 e. The van der Waals surface area contributed by atoms with E-state index in [-0.39, 0.29) is 11.4 Å². The van der Waals surface area contributed by atoms with E-state index >= 15 is 0 Å². The van der Waals surface area contributed by atoms with Gasteiger partial charge in [0.05, 0.1) is 17.0 Å². The molecule has 0 bridgehead atoms. The summed E-state index contributed by atoms with van der Waals surface area (Å²) < 4.78 is 0. The number of benzene rings is 1. The summed E-state index contributed by atoms with van der Waals surface area (Å²) in [6.07, 6.45) is 0.367. The summed E-state index contributed by atoms with van der Waals surface area (Å²) in [4.78, 5) is 22.3. The number of amides is 2. The third-order valence-electron chi connectivity index (χ3n) is 2.60. The first kappa shape index (κ1) is 15.8. The van der Waals surface area contributed by atoms with Gasteiger partial charge in [-0.3, -0.25) is 4.79 Å². The molecule has 0 aromatic heterocycles. The quantitative estimate of drug-likeness (QED) is 0.777. The zero-order chi connectivity index (χ0) is 15.1. The molecule has 7 heteroatoms. The highest BCUT2D eigenvalue weighted by molar-refractivity contribution is 6.32. The van der Waals surface area contributed by atoms with Crippen LogP contribution in [0.5, 0.6) is 0 Å². The maximum Gasteiger partial charge on any atom is 0.319 e. The molecule has 0 aliphatic heterocycles. The van der Waals surface area contributed by atoms with Crippen molar-refractivity contribution in [2.24, 2.45) is 0 Å². The number of carbonyl (C=O) groups excluding carboxylic acids is 1. The van der Waals surface area contributed by atoms with Gasteiger partial charge in [-0.1, -0.05) is 18.5 Å². The number of halogens is 1. The van der Waals surface area contributed by atoms with Gasteiger partial charge in [-0.05, 0) is 24.6 Å². The van der Waals surface area contributed by atoms with Crippen LogP contribution >= 0.6 is 11.6 Å². The van der Waals surface area contributed by atoms with Crippen LogP contribution in [0.1, 0.15) is 25.3 Å². The molecule has 0 saturated carbocycles. The molecule has 6 nitrogen and oxygen atoms in total. The fourth-order valence-electron chi connectivity index (χ4n) is 1.54. The Morgan fingerprint density at radius 3 is 2.70 bits per heavy atom. The molecule has 0 fully saturated rings. The van der Waals surface area contributed by atoms with Crippen LogP contribution in [0.4, 0.5) is 10.5 Å². The number of carbonyl (C=O) groups is 2. The Morgan fingerprint density at radius 2 is 2.20 bits per heavy atom. The fourth-order valence-corrected chi connectivity index (χ4v) is 1.77. The molecule has 2 amide bonds. The lowest BCUT2D eigenvalue weighted by Crippen LogP contribution is -2.38. The number of aliphatic carboxylic acids is 1. The van der Waals surface area contributed by atoms with Crippen molar-refractivity contribution >= 4 is 29.3 Å². The van der Waals surface area contributed by atoms with Crippen LogP contribution in [0, 0.1) is 11.3 Å². The number of carboxylic acid groups (broad SMARTS) is 1. The second-order valence-corrected chi connectivity index (χ2v) is 4.52. The van der Waals surface area contributed by atoms with Gasteiger partial charge in [0, 0.05) is 11.7 Å². The smallest absolute Gasteiger partial charge is 0.319 e. The summed E-state index contributed by atoms with van der Waals surface area (Å²) in [7, 11) is 0. The number of nitrogens with one attached hydrogen (secondary N) is 2. The summed E-state index contributed by atoms with van der Waals surface area (Å²) in [5.41, 5.74) is 0.742. The molecule has 0 heterocycles. The van der Waals surface area contributed by atoms with Gasteiger partial charge < -0.3 is 15.7 Å². The van der Waals surface area contributed by atoms with Crippen molar-refractivity contribution in [3.05, 3.63) is 28.8 Å². The van der Waals surface area contributed by atoms with E-state index in [9.17, 15) is 9.59 Å². The van der Waals surface area contributed by atoms with Gasteiger partial charge in [-0.15, -0.1) is 0 Å². The molecule has 1 atom stereocenters.